The molecule has 0 atom stereocenters. The topological polar surface area (TPSA) is 75.7 Å². The minimum absolute atomic E-state index is 0.118. The van der Waals surface area contributed by atoms with Crippen molar-refractivity contribution < 1.29 is 17.9 Å². The first-order valence-corrected chi connectivity index (χ1v) is 11.1. The van der Waals surface area contributed by atoms with Crippen LogP contribution in [0.15, 0.2) is 55.1 Å². The molecule has 0 saturated carbocycles. The second-order valence-electron chi connectivity index (χ2n) is 7.51. The number of hydrogen-bond donors (Lipinski definition) is 1. The lowest BCUT2D eigenvalue weighted by Gasteiger charge is -2.27. The number of carbonyl (C=O) groups is 1. The number of hydrogen-bond acceptors (Lipinski definition) is 4. The Hall–Kier alpha value is -2.51. The second kappa shape index (κ2) is 8.08. The fourth-order valence-electron chi connectivity index (χ4n) is 3.05. The molecule has 154 valence electrons. The number of benzene rings is 2. The van der Waals surface area contributed by atoms with Crippen LogP contribution in [-0.2, 0) is 20.6 Å². The van der Waals surface area contributed by atoms with Gasteiger partial charge in [-0.3, -0.25) is 9.52 Å². The molecular weight excluding hydrogens is 412 g/mol. The van der Waals surface area contributed by atoms with E-state index in [1.807, 2.05) is 13.8 Å². The number of halogens is 1. The zero-order chi connectivity index (χ0) is 21.2. The molecule has 1 amide bonds. The van der Waals surface area contributed by atoms with Crippen LogP contribution in [0.1, 0.15) is 19.4 Å². The summed E-state index contributed by atoms with van der Waals surface area (Å²) in [5.74, 6) is 0.134. The van der Waals surface area contributed by atoms with E-state index >= 15 is 0 Å². The van der Waals surface area contributed by atoms with Crippen molar-refractivity contribution in [2.75, 3.05) is 22.8 Å². The molecule has 1 heterocycles. The Balaban J connectivity index is 1.92. The first-order chi connectivity index (χ1) is 13.6. The summed E-state index contributed by atoms with van der Waals surface area (Å²) in [6.45, 7) is 7.85. The molecule has 0 spiro atoms. The van der Waals surface area contributed by atoms with Crippen molar-refractivity contribution in [3.63, 3.8) is 0 Å². The van der Waals surface area contributed by atoms with Gasteiger partial charge in [0.05, 0.1) is 22.5 Å². The Morgan fingerprint density at radius 3 is 2.69 bits per heavy atom. The van der Waals surface area contributed by atoms with E-state index in [-0.39, 0.29) is 24.8 Å². The number of ether oxygens (including phenoxy) is 1. The molecular formula is C21H23ClN2O4S. The maximum Gasteiger partial charge on any atom is 0.236 e. The lowest BCUT2D eigenvalue weighted by molar-refractivity contribution is -0.127. The molecule has 2 aromatic rings. The molecule has 0 unspecified atom stereocenters. The fraction of sp³-hybridized carbons (Fsp3) is 0.286. The maximum atomic E-state index is 12.9. The van der Waals surface area contributed by atoms with Crippen molar-refractivity contribution in [2.24, 2.45) is 5.41 Å². The monoisotopic (exact) mass is 434 g/mol. The molecule has 6 nitrogen and oxygen atoms in total. The van der Waals surface area contributed by atoms with Crippen molar-refractivity contribution in [1.82, 2.24) is 0 Å². The van der Waals surface area contributed by atoms with Gasteiger partial charge in [-0.25, -0.2) is 8.42 Å². The quantitative estimate of drug-likeness (QED) is 0.690. The average Bonchev–Trinajstić information content (AvgIpc) is 2.74. The Morgan fingerprint density at radius 2 is 2.00 bits per heavy atom. The molecule has 0 fully saturated rings. The van der Waals surface area contributed by atoms with Crippen molar-refractivity contribution >= 4 is 38.9 Å². The summed E-state index contributed by atoms with van der Waals surface area (Å²) in [5, 5.41) is 0.387. The highest BCUT2D eigenvalue weighted by atomic mass is 35.5. The van der Waals surface area contributed by atoms with Crippen molar-refractivity contribution in [2.45, 2.75) is 19.6 Å². The second-order valence-corrected chi connectivity index (χ2v) is 9.64. The molecule has 1 aliphatic rings. The first-order valence-electron chi connectivity index (χ1n) is 9.06. The van der Waals surface area contributed by atoms with E-state index in [1.165, 1.54) is 0 Å². The molecule has 0 saturated heterocycles. The number of sulfonamides is 1. The standard InChI is InChI=1S/C21H23ClN2O4S/c1-4-11-24-18-12-16(9-10-19(18)28-14-21(2,3)20(24)25)23-29(26,27)13-15-7-5-6-8-17(15)22/h4-10,12,23H,1,11,13-14H2,2-3H3. The van der Waals surface area contributed by atoms with Crippen LogP contribution in [0.4, 0.5) is 11.4 Å². The van der Waals surface area contributed by atoms with Gasteiger partial charge < -0.3 is 9.64 Å². The highest BCUT2D eigenvalue weighted by Gasteiger charge is 2.37. The molecule has 2 aromatic carbocycles. The van der Waals surface area contributed by atoms with Crippen molar-refractivity contribution in [3.05, 3.63) is 65.7 Å². The van der Waals surface area contributed by atoms with Crippen LogP contribution < -0.4 is 14.4 Å². The van der Waals surface area contributed by atoms with Crippen LogP contribution in [0, 0.1) is 5.41 Å². The Bertz CT molecular complexity index is 1050. The lowest BCUT2D eigenvalue weighted by atomic mass is 9.93. The van der Waals surface area contributed by atoms with Gasteiger partial charge in [0, 0.05) is 11.6 Å². The third kappa shape index (κ3) is 4.74. The molecule has 0 bridgehead atoms. The average molecular weight is 435 g/mol. The zero-order valence-electron chi connectivity index (χ0n) is 16.3. The SMILES string of the molecule is C=CCN1C(=O)C(C)(C)COc2ccc(NS(=O)(=O)Cc3ccccc3Cl)cc21. The van der Waals surface area contributed by atoms with Gasteiger partial charge >= 0.3 is 0 Å². The van der Waals surface area contributed by atoms with Crippen LogP contribution >= 0.6 is 11.6 Å². The van der Waals surface area contributed by atoms with E-state index < -0.39 is 15.4 Å². The van der Waals surface area contributed by atoms with E-state index in [0.717, 1.165) is 0 Å². The van der Waals surface area contributed by atoms with E-state index in [4.69, 9.17) is 16.3 Å². The molecule has 1 aliphatic heterocycles. The first kappa shape index (κ1) is 21.2. The predicted molar refractivity (Wildman–Crippen MR) is 116 cm³/mol. The summed E-state index contributed by atoms with van der Waals surface area (Å²) in [6, 6.07) is 11.7. The highest BCUT2D eigenvalue weighted by molar-refractivity contribution is 7.91. The van der Waals surface area contributed by atoms with Gasteiger partial charge in [0.15, 0.2) is 0 Å². The predicted octanol–water partition coefficient (Wildman–Crippen LogP) is 4.22. The number of fused-ring (bicyclic) bond motifs is 1. The Morgan fingerprint density at radius 1 is 1.28 bits per heavy atom. The van der Waals surface area contributed by atoms with Crippen LogP contribution in [0.5, 0.6) is 5.75 Å². The Kier molecular flexibility index (Phi) is 5.91. The summed E-state index contributed by atoms with van der Waals surface area (Å²) in [4.78, 5) is 14.5. The summed E-state index contributed by atoms with van der Waals surface area (Å²) < 4.78 is 33.6. The van der Waals surface area contributed by atoms with E-state index in [2.05, 4.69) is 11.3 Å². The van der Waals surface area contributed by atoms with Crippen LogP contribution in [0.3, 0.4) is 0 Å². The molecule has 0 radical (unpaired) electrons. The minimum Gasteiger partial charge on any atom is -0.490 e. The van der Waals surface area contributed by atoms with Gasteiger partial charge in [-0.05, 0) is 43.7 Å². The van der Waals surface area contributed by atoms with Crippen molar-refractivity contribution in [3.8, 4) is 5.75 Å². The van der Waals surface area contributed by atoms with Gasteiger partial charge in [0.2, 0.25) is 15.9 Å². The molecule has 1 N–H and O–H groups in total. The van der Waals surface area contributed by atoms with Gasteiger partial charge in [-0.1, -0.05) is 35.9 Å². The van der Waals surface area contributed by atoms with E-state index in [0.29, 0.717) is 27.7 Å². The van der Waals surface area contributed by atoms with Crippen LogP contribution in [0.25, 0.3) is 0 Å². The summed E-state index contributed by atoms with van der Waals surface area (Å²) in [6.07, 6.45) is 1.62. The van der Waals surface area contributed by atoms with Crippen LogP contribution in [0.2, 0.25) is 5.02 Å². The van der Waals surface area contributed by atoms with Crippen molar-refractivity contribution in [1.29, 1.82) is 0 Å². The summed E-state index contributed by atoms with van der Waals surface area (Å²) in [5.41, 5.74) is 0.621. The third-order valence-corrected chi connectivity index (χ3v) is 6.16. The van der Waals surface area contributed by atoms with E-state index in [1.54, 1.807) is 53.4 Å². The number of rotatable bonds is 6. The minimum atomic E-state index is -3.71. The van der Waals surface area contributed by atoms with Gasteiger partial charge in [0.1, 0.15) is 12.4 Å². The maximum absolute atomic E-state index is 12.9. The molecule has 8 heteroatoms. The smallest absolute Gasteiger partial charge is 0.236 e. The number of carbonyl (C=O) groups excluding carboxylic acids is 1. The number of anilines is 2. The third-order valence-electron chi connectivity index (χ3n) is 4.55. The molecule has 29 heavy (non-hydrogen) atoms. The molecule has 0 aromatic heterocycles. The largest absolute Gasteiger partial charge is 0.490 e. The number of amides is 1. The highest BCUT2D eigenvalue weighted by Crippen LogP contribution is 2.38. The summed E-state index contributed by atoms with van der Waals surface area (Å²) >= 11 is 6.08. The number of nitrogens with one attached hydrogen (secondary N) is 1. The van der Waals surface area contributed by atoms with Gasteiger partial charge in [-0.15, -0.1) is 6.58 Å². The van der Waals surface area contributed by atoms with Crippen LogP contribution in [-0.4, -0.2) is 27.5 Å². The normalized spacial score (nSPS) is 15.8. The lowest BCUT2D eigenvalue weighted by Crippen LogP contribution is -2.42. The number of nitrogens with zero attached hydrogens (tertiary/aromatic N) is 1. The van der Waals surface area contributed by atoms with E-state index in [9.17, 15) is 13.2 Å². The molecule has 3 rings (SSSR count). The summed E-state index contributed by atoms with van der Waals surface area (Å²) in [7, 11) is -3.71. The Labute approximate surface area is 176 Å². The van der Waals surface area contributed by atoms with Gasteiger partial charge in [-0.2, -0.15) is 0 Å². The fourth-order valence-corrected chi connectivity index (χ4v) is 4.56. The van der Waals surface area contributed by atoms with Gasteiger partial charge in [0.25, 0.3) is 0 Å². The molecule has 0 aliphatic carbocycles. The zero-order valence-corrected chi connectivity index (χ0v) is 17.9.